The number of carboxylic acid groups (broad SMARTS) is 1. The van der Waals surface area contributed by atoms with Crippen molar-refractivity contribution >= 4 is 18.0 Å². The van der Waals surface area contributed by atoms with Gasteiger partial charge in [-0.2, -0.15) is 13.2 Å². The minimum absolute atomic E-state index is 0.195. The number of benzene rings is 1. The van der Waals surface area contributed by atoms with E-state index in [1.165, 1.54) is 0 Å². The van der Waals surface area contributed by atoms with E-state index in [1.54, 1.807) is 0 Å². The Kier molecular flexibility index (Phi) is 9.13. The number of hydrogen-bond acceptors (Lipinski definition) is 10. The molecule has 2 aliphatic heterocycles. The zero-order chi connectivity index (χ0) is 31.8. The van der Waals surface area contributed by atoms with Crippen molar-refractivity contribution in [3.05, 3.63) is 46.8 Å². The van der Waals surface area contributed by atoms with Crippen LogP contribution < -0.4 is 5.32 Å². The van der Waals surface area contributed by atoms with Crippen LogP contribution in [0.25, 0.3) is 0 Å². The van der Waals surface area contributed by atoms with Gasteiger partial charge in [0.1, 0.15) is 24.1 Å². The number of alkyl carbamates (subject to hydrolysis) is 1. The molecule has 236 valence electrons. The number of carboxylic acids is 1. The number of carbonyl (C=O) groups excluding carboxylic acids is 2. The number of carbonyl (C=O) groups is 3. The van der Waals surface area contributed by atoms with E-state index in [2.05, 4.69) is 15.5 Å². The number of amides is 2. The number of aromatic nitrogens is 3. The Hall–Kier alpha value is -4.01. The maximum absolute atomic E-state index is 14.4. The standard InChI is InChI=1S/C23H23F6N5O9/c24-10-6-12(26)11(25)4-8(10)3-9(30-22(41)43-20-17(38)15(36)16(37)18(42-20)19(39)40)5-14(35)33-1-2-34-13(7-33)31-32-21(34)23(27,28)29/h4,6,9,15-18,20,36-38H,1-3,5,7H2,(H,30,41)(H,39,40)/t9-,15-,16-,17-,18+,20-/m1/s1. The molecule has 2 aromatic rings. The van der Waals surface area contributed by atoms with Crippen LogP contribution >= 0.6 is 0 Å². The second-order valence-corrected chi connectivity index (χ2v) is 9.65. The van der Waals surface area contributed by atoms with Crippen molar-refractivity contribution in [2.45, 2.75) is 68.9 Å². The van der Waals surface area contributed by atoms with Crippen LogP contribution in [0.2, 0.25) is 0 Å². The first-order valence-corrected chi connectivity index (χ1v) is 12.4. The van der Waals surface area contributed by atoms with Gasteiger partial charge in [0.25, 0.3) is 0 Å². The molecule has 1 saturated heterocycles. The molecule has 43 heavy (non-hydrogen) atoms. The molecule has 20 heteroatoms. The molecule has 0 unspecified atom stereocenters. The van der Waals surface area contributed by atoms with Crippen LogP contribution in [-0.4, -0.2) is 101 Å². The van der Waals surface area contributed by atoms with E-state index in [9.17, 15) is 56.0 Å². The zero-order valence-electron chi connectivity index (χ0n) is 21.5. The highest BCUT2D eigenvalue weighted by Crippen LogP contribution is 2.30. The fourth-order valence-corrected chi connectivity index (χ4v) is 4.54. The number of hydrogen-bond donors (Lipinski definition) is 5. The molecule has 1 aromatic carbocycles. The number of alkyl halides is 3. The number of nitrogens with one attached hydrogen (secondary N) is 1. The van der Waals surface area contributed by atoms with Crippen LogP contribution in [-0.2, 0) is 44.7 Å². The normalized spacial score (nSPS) is 24.7. The quantitative estimate of drug-likeness (QED) is 0.199. The van der Waals surface area contributed by atoms with Gasteiger partial charge in [-0.1, -0.05) is 0 Å². The van der Waals surface area contributed by atoms with Gasteiger partial charge in [0, 0.05) is 31.6 Å². The maximum atomic E-state index is 14.4. The van der Waals surface area contributed by atoms with Crippen molar-refractivity contribution in [2.75, 3.05) is 6.54 Å². The van der Waals surface area contributed by atoms with E-state index in [0.29, 0.717) is 6.07 Å². The van der Waals surface area contributed by atoms with Gasteiger partial charge in [0.15, 0.2) is 23.6 Å². The molecule has 3 heterocycles. The molecule has 4 rings (SSSR count). The lowest BCUT2D eigenvalue weighted by Crippen LogP contribution is -2.61. The van der Waals surface area contributed by atoms with Gasteiger partial charge >= 0.3 is 18.2 Å². The summed E-state index contributed by atoms with van der Waals surface area (Å²) in [7, 11) is 0. The van der Waals surface area contributed by atoms with Crippen molar-refractivity contribution < 1.29 is 70.6 Å². The molecule has 5 N–H and O–H groups in total. The first-order chi connectivity index (χ1) is 20.1. The summed E-state index contributed by atoms with van der Waals surface area (Å²) in [5.74, 6) is -8.25. The first kappa shape index (κ1) is 31.9. The molecular weight excluding hydrogens is 604 g/mol. The van der Waals surface area contributed by atoms with Crippen LogP contribution in [0.3, 0.4) is 0 Å². The molecule has 1 fully saturated rings. The maximum Gasteiger partial charge on any atom is 0.451 e. The van der Waals surface area contributed by atoms with E-state index in [0.717, 1.165) is 9.47 Å². The van der Waals surface area contributed by atoms with Gasteiger partial charge in [-0.05, 0) is 18.1 Å². The highest BCUT2D eigenvalue weighted by Gasteiger charge is 2.49. The second-order valence-electron chi connectivity index (χ2n) is 9.65. The van der Waals surface area contributed by atoms with Crippen LogP contribution in [0.5, 0.6) is 0 Å². The SMILES string of the molecule is O=C(N[C@@H](CC(=O)N1CCn2c(nnc2C(F)(F)F)C1)Cc1cc(F)c(F)cc1F)O[C@H]1O[C@H](C(=O)O)[C@H](O)[C@@H](O)[C@H]1O. The number of halogens is 6. The van der Waals surface area contributed by atoms with Crippen molar-refractivity contribution in [3.63, 3.8) is 0 Å². The first-order valence-electron chi connectivity index (χ1n) is 12.4. The molecule has 0 bridgehead atoms. The smallest absolute Gasteiger partial charge is 0.451 e. The minimum Gasteiger partial charge on any atom is -0.479 e. The summed E-state index contributed by atoms with van der Waals surface area (Å²) in [6.07, 6.45) is -18.3. The third-order valence-corrected chi connectivity index (χ3v) is 6.69. The summed E-state index contributed by atoms with van der Waals surface area (Å²) in [5, 5.41) is 47.5. The number of aliphatic hydroxyl groups is 3. The van der Waals surface area contributed by atoms with Crippen molar-refractivity contribution in [1.29, 1.82) is 0 Å². The summed E-state index contributed by atoms with van der Waals surface area (Å²) in [6.45, 7) is -1.00. The third-order valence-electron chi connectivity index (χ3n) is 6.69. The van der Waals surface area contributed by atoms with E-state index < -0.39 is 109 Å². The van der Waals surface area contributed by atoms with Gasteiger partial charge in [0.05, 0.1) is 6.54 Å². The van der Waals surface area contributed by atoms with Crippen LogP contribution in [0.15, 0.2) is 12.1 Å². The number of aliphatic hydroxyl groups excluding tert-OH is 3. The van der Waals surface area contributed by atoms with Crippen molar-refractivity contribution in [2.24, 2.45) is 0 Å². The Bertz CT molecular complexity index is 1390. The topological polar surface area (TPSA) is 197 Å². The lowest BCUT2D eigenvalue weighted by atomic mass is 9.99. The Labute approximate surface area is 236 Å². The van der Waals surface area contributed by atoms with Gasteiger partial charge in [0.2, 0.25) is 18.0 Å². The third kappa shape index (κ3) is 6.98. The number of rotatable bonds is 7. The monoisotopic (exact) mass is 627 g/mol. The number of ether oxygens (including phenoxy) is 2. The van der Waals surface area contributed by atoms with E-state index in [1.807, 2.05) is 0 Å². The molecule has 6 atom stereocenters. The highest BCUT2D eigenvalue weighted by atomic mass is 19.4. The van der Waals surface area contributed by atoms with Crippen LogP contribution in [0.4, 0.5) is 31.1 Å². The van der Waals surface area contributed by atoms with Gasteiger partial charge in [-0.3, -0.25) is 4.79 Å². The molecule has 0 aliphatic carbocycles. The second kappa shape index (κ2) is 12.3. The van der Waals surface area contributed by atoms with Crippen molar-refractivity contribution in [1.82, 2.24) is 25.0 Å². The van der Waals surface area contributed by atoms with Crippen LogP contribution in [0, 0.1) is 17.5 Å². The Balaban J connectivity index is 1.50. The van der Waals surface area contributed by atoms with Gasteiger partial charge in [-0.25, -0.2) is 22.8 Å². The van der Waals surface area contributed by atoms with Crippen molar-refractivity contribution in [3.8, 4) is 0 Å². The average molecular weight is 627 g/mol. The Morgan fingerprint density at radius 1 is 1.02 bits per heavy atom. The molecule has 2 amide bonds. The summed E-state index contributed by atoms with van der Waals surface area (Å²) in [6, 6.07) is -0.764. The molecule has 0 spiro atoms. The minimum atomic E-state index is -4.80. The Morgan fingerprint density at radius 3 is 2.35 bits per heavy atom. The zero-order valence-corrected chi connectivity index (χ0v) is 21.5. The summed E-state index contributed by atoms with van der Waals surface area (Å²) >= 11 is 0. The Morgan fingerprint density at radius 2 is 1.70 bits per heavy atom. The molecule has 0 saturated carbocycles. The molecule has 2 aliphatic rings. The largest absolute Gasteiger partial charge is 0.479 e. The fraction of sp³-hybridized carbons (Fsp3) is 0.522. The number of nitrogens with zero attached hydrogens (tertiary/aromatic N) is 4. The lowest BCUT2D eigenvalue weighted by molar-refractivity contribution is -0.278. The summed E-state index contributed by atoms with van der Waals surface area (Å²) < 4.78 is 91.4. The summed E-state index contributed by atoms with van der Waals surface area (Å²) in [5.41, 5.74) is -0.497. The number of aliphatic carboxylic acids is 1. The molecule has 0 radical (unpaired) electrons. The predicted molar refractivity (Wildman–Crippen MR) is 123 cm³/mol. The predicted octanol–water partition coefficient (Wildman–Crippen LogP) is -0.324. The fourth-order valence-electron chi connectivity index (χ4n) is 4.54. The average Bonchev–Trinajstić information content (AvgIpc) is 3.36. The van der Waals surface area contributed by atoms with Gasteiger partial charge < -0.3 is 44.7 Å². The molecule has 14 nitrogen and oxygen atoms in total. The lowest BCUT2D eigenvalue weighted by Gasteiger charge is -2.38. The van der Waals surface area contributed by atoms with E-state index >= 15 is 0 Å². The molecular formula is C23H23F6N5O9. The van der Waals surface area contributed by atoms with E-state index in [4.69, 9.17) is 14.6 Å². The van der Waals surface area contributed by atoms with Gasteiger partial charge in [-0.15, -0.1) is 10.2 Å². The van der Waals surface area contributed by atoms with Crippen LogP contribution in [0.1, 0.15) is 23.6 Å². The number of fused-ring (bicyclic) bond motifs is 1. The van der Waals surface area contributed by atoms with E-state index in [-0.39, 0.29) is 25.0 Å². The molecule has 1 aromatic heterocycles. The summed E-state index contributed by atoms with van der Waals surface area (Å²) in [4.78, 5) is 38.1. The highest BCUT2D eigenvalue weighted by molar-refractivity contribution is 5.78.